The second-order valence-electron chi connectivity index (χ2n) is 5.16. The smallest absolute Gasteiger partial charge is 0.131 e. The zero-order chi connectivity index (χ0) is 14.3. The van der Waals surface area contributed by atoms with Crippen LogP contribution in [-0.2, 0) is 0 Å². The Bertz CT molecular complexity index is 659. The van der Waals surface area contributed by atoms with Gasteiger partial charge in [-0.3, -0.25) is 0 Å². The molecule has 2 atom stereocenters. The van der Waals surface area contributed by atoms with Gasteiger partial charge in [-0.05, 0) is 25.1 Å². The molecule has 2 nitrogen and oxygen atoms in total. The van der Waals surface area contributed by atoms with E-state index in [9.17, 15) is 4.39 Å². The average Bonchev–Trinajstić information content (AvgIpc) is 2.39. The van der Waals surface area contributed by atoms with Crippen molar-refractivity contribution in [3.05, 3.63) is 63.4 Å². The number of rotatable bonds is 1. The number of hydrogen-bond donors (Lipinski definition) is 1. The fraction of sp³-hybridized carbons (Fsp3) is 0.250. The molecule has 2 aromatic carbocycles. The largest absolute Gasteiger partial charge is 0.485 e. The summed E-state index contributed by atoms with van der Waals surface area (Å²) in [4.78, 5) is 0. The van der Waals surface area contributed by atoms with Crippen molar-refractivity contribution in [2.75, 3.05) is 0 Å². The third kappa shape index (κ3) is 2.45. The van der Waals surface area contributed by atoms with Crippen LogP contribution in [0.25, 0.3) is 0 Å². The lowest BCUT2D eigenvalue weighted by Crippen LogP contribution is -2.24. The van der Waals surface area contributed by atoms with Gasteiger partial charge >= 0.3 is 0 Å². The van der Waals surface area contributed by atoms with E-state index in [-0.39, 0.29) is 18.0 Å². The monoisotopic (exact) mass is 335 g/mol. The Kier molecular flexibility index (Phi) is 3.52. The highest BCUT2D eigenvalue weighted by Crippen LogP contribution is 2.40. The zero-order valence-corrected chi connectivity index (χ0v) is 12.7. The molecule has 0 saturated heterocycles. The number of benzene rings is 2. The molecule has 104 valence electrons. The van der Waals surface area contributed by atoms with E-state index in [0.717, 1.165) is 21.3 Å². The summed E-state index contributed by atoms with van der Waals surface area (Å²) in [6.07, 6.45) is 0.239. The average molecular weight is 336 g/mol. The minimum absolute atomic E-state index is 0.133. The van der Waals surface area contributed by atoms with Crippen molar-refractivity contribution in [1.29, 1.82) is 0 Å². The summed E-state index contributed by atoms with van der Waals surface area (Å²) >= 11 is 3.26. The summed E-state index contributed by atoms with van der Waals surface area (Å²) in [6.45, 7) is 2.02. The van der Waals surface area contributed by atoms with Crippen LogP contribution in [0.5, 0.6) is 5.75 Å². The van der Waals surface area contributed by atoms with Crippen molar-refractivity contribution in [2.24, 2.45) is 5.73 Å². The third-order valence-corrected chi connectivity index (χ3v) is 4.10. The van der Waals surface area contributed by atoms with Crippen molar-refractivity contribution in [2.45, 2.75) is 25.5 Å². The summed E-state index contributed by atoms with van der Waals surface area (Å²) in [7, 11) is 0. The summed E-state index contributed by atoms with van der Waals surface area (Å²) in [6, 6.07) is 10.8. The first-order valence-electron chi connectivity index (χ1n) is 6.52. The van der Waals surface area contributed by atoms with E-state index in [1.54, 1.807) is 6.07 Å². The lowest BCUT2D eigenvalue weighted by Gasteiger charge is -2.31. The van der Waals surface area contributed by atoms with E-state index in [1.165, 1.54) is 6.07 Å². The summed E-state index contributed by atoms with van der Waals surface area (Å²) in [5.41, 5.74) is 8.91. The molecule has 0 aromatic heterocycles. The Morgan fingerprint density at radius 3 is 2.75 bits per heavy atom. The van der Waals surface area contributed by atoms with Crippen LogP contribution >= 0.6 is 15.9 Å². The second-order valence-corrected chi connectivity index (χ2v) is 6.07. The fourth-order valence-corrected chi connectivity index (χ4v) is 2.91. The number of aryl methyl sites for hydroxylation is 1. The molecule has 0 saturated carbocycles. The Labute approximate surface area is 125 Å². The SMILES string of the molecule is Cc1ccc2c(c1)[C@@H](N)CC(c1ccc(Br)cc1F)O2. The molecular formula is C16H15BrFNO. The molecule has 0 aliphatic carbocycles. The van der Waals surface area contributed by atoms with E-state index >= 15 is 0 Å². The van der Waals surface area contributed by atoms with Crippen LogP contribution in [0.15, 0.2) is 40.9 Å². The molecule has 1 unspecified atom stereocenters. The fourth-order valence-electron chi connectivity index (χ4n) is 2.58. The lowest BCUT2D eigenvalue weighted by molar-refractivity contribution is 0.157. The molecule has 2 N–H and O–H groups in total. The minimum atomic E-state index is -0.340. The van der Waals surface area contributed by atoms with E-state index < -0.39 is 0 Å². The maximum Gasteiger partial charge on any atom is 0.131 e. The quantitative estimate of drug-likeness (QED) is 0.837. The Hall–Kier alpha value is -1.39. The van der Waals surface area contributed by atoms with Crippen LogP contribution in [0.3, 0.4) is 0 Å². The van der Waals surface area contributed by atoms with Gasteiger partial charge in [0.1, 0.15) is 17.7 Å². The van der Waals surface area contributed by atoms with Gasteiger partial charge in [-0.1, -0.05) is 39.7 Å². The topological polar surface area (TPSA) is 35.2 Å². The van der Waals surface area contributed by atoms with E-state index in [1.807, 2.05) is 31.2 Å². The van der Waals surface area contributed by atoms with Crippen molar-refractivity contribution >= 4 is 15.9 Å². The molecular weight excluding hydrogens is 321 g/mol. The highest BCUT2D eigenvalue weighted by molar-refractivity contribution is 9.10. The number of fused-ring (bicyclic) bond motifs is 1. The third-order valence-electron chi connectivity index (χ3n) is 3.61. The maximum absolute atomic E-state index is 14.1. The first-order chi connectivity index (χ1) is 9.54. The molecule has 2 aromatic rings. The van der Waals surface area contributed by atoms with Gasteiger partial charge < -0.3 is 10.5 Å². The van der Waals surface area contributed by atoms with Gasteiger partial charge in [-0.2, -0.15) is 0 Å². The number of hydrogen-bond acceptors (Lipinski definition) is 2. The molecule has 1 heterocycles. The number of nitrogens with two attached hydrogens (primary N) is 1. The summed E-state index contributed by atoms with van der Waals surface area (Å²) < 4.78 is 20.7. The summed E-state index contributed by atoms with van der Waals surface area (Å²) in [5.74, 6) is 0.480. The maximum atomic E-state index is 14.1. The molecule has 0 amide bonds. The van der Waals surface area contributed by atoms with E-state index in [4.69, 9.17) is 10.5 Å². The minimum Gasteiger partial charge on any atom is -0.485 e. The van der Waals surface area contributed by atoms with Crippen LogP contribution < -0.4 is 10.5 Å². The van der Waals surface area contributed by atoms with Gasteiger partial charge in [0, 0.05) is 28.1 Å². The molecule has 0 radical (unpaired) electrons. The van der Waals surface area contributed by atoms with Crippen LogP contribution in [0.4, 0.5) is 4.39 Å². The lowest BCUT2D eigenvalue weighted by atomic mass is 9.92. The first-order valence-corrected chi connectivity index (χ1v) is 7.31. The van der Waals surface area contributed by atoms with E-state index in [0.29, 0.717) is 12.0 Å². The second kappa shape index (κ2) is 5.19. The highest BCUT2D eigenvalue weighted by atomic mass is 79.9. The van der Waals surface area contributed by atoms with Crippen molar-refractivity contribution in [1.82, 2.24) is 0 Å². The van der Waals surface area contributed by atoms with Crippen LogP contribution in [0, 0.1) is 12.7 Å². The molecule has 20 heavy (non-hydrogen) atoms. The summed E-state index contributed by atoms with van der Waals surface area (Å²) in [5, 5.41) is 0. The van der Waals surface area contributed by atoms with Crippen LogP contribution in [0.2, 0.25) is 0 Å². The Balaban J connectivity index is 1.97. The van der Waals surface area contributed by atoms with Gasteiger partial charge in [-0.15, -0.1) is 0 Å². The molecule has 0 spiro atoms. The van der Waals surface area contributed by atoms with Gasteiger partial charge in [-0.25, -0.2) is 4.39 Å². The standard InChI is InChI=1S/C16H15BrFNO/c1-9-2-5-15-12(6-9)14(19)8-16(20-15)11-4-3-10(17)7-13(11)18/h2-7,14,16H,8,19H2,1H3/t14-,16?/m0/s1. The van der Waals surface area contributed by atoms with Gasteiger partial charge in [0.05, 0.1) is 0 Å². The molecule has 3 rings (SSSR count). The van der Waals surface area contributed by atoms with Gasteiger partial charge in [0.15, 0.2) is 0 Å². The molecule has 4 heteroatoms. The predicted octanol–water partition coefficient (Wildman–Crippen LogP) is 4.42. The van der Waals surface area contributed by atoms with Gasteiger partial charge in [0.2, 0.25) is 0 Å². The van der Waals surface area contributed by atoms with E-state index in [2.05, 4.69) is 15.9 Å². The molecule has 1 aliphatic heterocycles. The predicted molar refractivity (Wildman–Crippen MR) is 80.2 cm³/mol. The zero-order valence-electron chi connectivity index (χ0n) is 11.1. The Morgan fingerprint density at radius 2 is 2.00 bits per heavy atom. The molecule has 0 fully saturated rings. The van der Waals surface area contributed by atoms with Crippen molar-refractivity contribution < 1.29 is 9.13 Å². The first kappa shape index (κ1) is 13.6. The Morgan fingerprint density at radius 1 is 1.20 bits per heavy atom. The van der Waals surface area contributed by atoms with Crippen LogP contribution in [0.1, 0.15) is 35.3 Å². The molecule has 1 aliphatic rings. The normalized spacial score (nSPS) is 21.2. The number of halogens is 2. The van der Waals surface area contributed by atoms with Crippen molar-refractivity contribution in [3.8, 4) is 5.75 Å². The van der Waals surface area contributed by atoms with Crippen molar-refractivity contribution in [3.63, 3.8) is 0 Å². The van der Waals surface area contributed by atoms with Gasteiger partial charge in [0.25, 0.3) is 0 Å². The number of ether oxygens (including phenoxy) is 1. The molecule has 0 bridgehead atoms. The van der Waals surface area contributed by atoms with Crippen LogP contribution in [-0.4, -0.2) is 0 Å². The highest BCUT2D eigenvalue weighted by Gasteiger charge is 2.28.